The first-order chi connectivity index (χ1) is 42.0. The van der Waals surface area contributed by atoms with Gasteiger partial charge < -0.3 is 101 Å². The molecule has 90 heavy (non-hydrogen) atoms. The Morgan fingerprint density at radius 1 is 0.833 bits per heavy atom. The normalized spacial score (nSPS) is 26.2. The molecule has 0 aliphatic carbocycles. The number of nitrogens with one attached hydrogen (secondary N) is 4. The third kappa shape index (κ3) is 17.9. The van der Waals surface area contributed by atoms with Crippen LogP contribution in [-0.2, 0) is 44.0 Å². The fourth-order valence-electron chi connectivity index (χ4n) is 10.6. The zero-order valence-electron chi connectivity index (χ0n) is 49.2. The number of nitrogens with zero attached hydrogens (tertiary/aromatic N) is 3. The number of rotatable bonds is 18. The Bertz CT molecular complexity index is 3340. The molecule has 7 rings (SSSR count). The van der Waals surface area contributed by atoms with E-state index in [9.17, 15) is 97.3 Å². The van der Waals surface area contributed by atoms with Crippen molar-refractivity contribution in [3.8, 4) is 39.8 Å². The first-order valence-electron chi connectivity index (χ1n) is 28.3. The topological polar surface area (TPSA) is 501 Å². The number of amides is 7. The predicted octanol–water partition coefficient (Wildman–Crippen LogP) is -6.15. The molecule has 0 saturated carbocycles. The number of benzene rings is 3. The van der Waals surface area contributed by atoms with Crippen LogP contribution in [-0.4, -0.2) is 214 Å². The van der Waals surface area contributed by atoms with E-state index in [1.165, 1.54) is 31.2 Å². The molecule has 4 aromatic rings. The van der Waals surface area contributed by atoms with Gasteiger partial charge in [0.2, 0.25) is 35.4 Å². The van der Waals surface area contributed by atoms with Gasteiger partial charge in [-0.15, -0.1) is 0 Å². The van der Waals surface area contributed by atoms with Gasteiger partial charge in [0.25, 0.3) is 16.3 Å². The summed E-state index contributed by atoms with van der Waals surface area (Å²) in [6, 6.07) is 6.10. The van der Waals surface area contributed by atoms with Crippen LogP contribution in [0.15, 0.2) is 77.3 Å². The molecule has 3 fully saturated rings. The van der Waals surface area contributed by atoms with Gasteiger partial charge in [-0.25, -0.2) is 8.42 Å². The second-order valence-corrected chi connectivity index (χ2v) is 23.2. The number of phenols is 1. The summed E-state index contributed by atoms with van der Waals surface area (Å²) in [7, 11) is -5.59. The molecule has 31 nitrogen and oxygen atoms in total. The standard InChI is InChI=1S/C57H72N8O23S.Na/c1-4-5-6-17-86-33-14-11-29(12-15-33)42-22-35(63-87-42)28-7-9-30(10-8-28)51(76)59-36-21-41(71)54(79)62-55(80)47-48(73)26(2)24-65(47)56(81)34(39(69)23-44(58)72)20-40(70)46(50(75)49(74)31-13-16-38(68)43(18-31)88-89(83,84)85)61-53(78)37-19-32(67)25-64(37)57(82)45(27(3)66)60-52(36)77;/h7-16,18,22,26-27,32,34,36-37,39,41,45-50,54,66-69,71,73-75,79H,4-6,17,19-21,23-25H2,1-3H3,(H2,58,72)(H,59,76)(H,60,77)(H,61,78)(H,62,80)(H,83,84,85);/q;+1/p-1/t26-,27+,32+,34-,36-,37-,39+,41+,45-,46+,47-,48-,49-,50-,54-;/m0./s1. The fraction of sp³-hybridized carbons (Fsp3) is 0.491. The van der Waals surface area contributed by atoms with E-state index in [-0.39, 0.29) is 35.1 Å². The second-order valence-electron chi connectivity index (χ2n) is 22.2. The minimum Gasteiger partial charge on any atom is -0.716 e. The fourth-order valence-corrected chi connectivity index (χ4v) is 11.0. The Hall–Kier alpha value is -7.18. The summed E-state index contributed by atoms with van der Waals surface area (Å²) < 4.78 is 50.0. The Morgan fingerprint density at radius 2 is 1.49 bits per heavy atom. The molecular formula is C57H71N8NaO23S. The minimum atomic E-state index is -5.59. The Kier molecular flexibility index (Phi) is 24.9. The van der Waals surface area contributed by atoms with Crippen molar-refractivity contribution < 1.29 is 140 Å². The number of primary amides is 1. The second kappa shape index (κ2) is 31.2. The van der Waals surface area contributed by atoms with E-state index < -0.39 is 204 Å². The molecule has 0 radical (unpaired) electrons. The van der Waals surface area contributed by atoms with Gasteiger partial charge in [0.15, 0.2) is 29.3 Å². The van der Waals surface area contributed by atoms with E-state index in [1.54, 1.807) is 30.3 Å². The van der Waals surface area contributed by atoms with Crippen molar-refractivity contribution in [1.82, 2.24) is 36.2 Å². The molecule has 33 heteroatoms. The summed E-state index contributed by atoms with van der Waals surface area (Å²) in [5.41, 5.74) is 6.20. The van der Waals surface area contributed by atoms with Crippen LogP contribution in [0, 0.1) is 11.8 Å². The van der Waals surface area contributed by atoms with Crippen molar-refractivity contribution >= 4 is 57.5 Å². The average molecular weight is 1290 g/mol. The molecule has 4 heterocycles. The average Bonchev–Trinajstić information content (AvgIpc) is 2.24. The maximum absolute atomic E-state index is 14.7. The van der Waals surface area contributed by atoms with Gasteiger partial charge in [-0.1, -0.05) is 50.0 Å². The number of phenolic OH excluding ortho intramolecular Hbond substituents is 1. The number of ketones is 1. The van der Waals surface area contributed by atoms with Gasteiger partial charge >= 0.3 is 29.6 Å². The molecular weight excluding hydrogens is 1220 g/mol. The van der Waals surface area contributed by atoms with Crippen LogP contribution in [0.2, 0.25) is 0 Å². The minimum absolute atomic E-state index is 0. The molecule has 7 amide bonds. The summed E-state index contributed by atoms with van der Waals surface area (Å²) in [5.74, 6) is -14.7. The molecule has 0 bridgehead atoms. The van der Waals surface area contributed by atoms with E-state index >= 15 is 0 Å². The van der Waals surface area contributed by atoms with Gasteiger partial charge in [0, 0.05) is 61.0 Å². The summed E-state index contributed by atoms with van der Waals surface area (Å²) in [6.07, 6.45) is -18.3. The van der Waals surface area contributed by atoms with Crippen molar-refractivity contribution in [2.45, 2.75) is 145 Å². The molecule has 3 saturated heterocycles. The Labute approximate surface area is 537 Å². The number of nitrogens with two attached hydrogens (primary N) is 1. The number of aliphatic hydroxyl groups excluding tert-OH is 8. The van der Waals surface area contributed by atoms with Crippen LogP contribution in [0.3, 0.4) is 0 Å². The first-order valence-corrected chi connectivity index (χ1v) is 29.7. The van der Waals surface area contributed by atoms with E-state index in [4.69, 9.17) is 15.0 Å². The smallest absolute Gasteiger partial charge is 0.716 e. The molecule has 1 aromatic heterocycles. The molecule has 15 N–H and O–H groups in total. The molecule has 3 aliphatic rings. The van der Waals surface area contributed by atoms with Crippen LogP contribution in [0.25, 0.3) is 22.6 Å². The van der Waals surface area contributed by atoms with Crippen molar-refractivity contribution in [3.63, 3.8) is 0 Å². The summed E-state index contributed by atoms with van der Waals surface area (Å²) in [6.45, 7) is 3.81. The molecule has 484 valence electrons. The third-order valence-corrected chi connectivity index (χ3v) is 15.9. The van der Waals surface area contributed by atoms with Crippen molar-refractivity contribution in [2.24, 2.45) is 17.6 Å². The van der Waals surface area contributed by atoms with Crippen LogP contribution in [0.5, 0.6) is 17.2 Å². The number of carbonyl (C=O) groups is 8. The quantitative estimate of drug-likeness (QED) is 0.0191. The maximum atomic E-state index is 14.7. The van der Waals surface area contributed by atoms with Crippen LogP contribution in [0.4, 0.5) is 0 Å². The van der Waals surface area contributed by atoms with Gasteiger partial charge in [0.1, 0.15) is 60.0 Å². The molecule has 15 atom stereocenters. The summed E-state index contributed by atoms with van der Waals surface area (Å²) in [5, 5.41) is 114. The Morgan fingerprint density at radius 3 is 2.12 bits per heavy atom. The van der Waals surface area contributed by atoms with E-state index in [0.717, 1.165) is 32.3 Å². The number of fused-ring (bicyclic) bond motifs is 2. The third-order valence-electron chi connectivity index (χ3n) is 15.5. The largest absolute Gasteiger partial charge is 1.00 e. The molecule has 0 spiro atoms. The van der Waals surface area contributed by atoms with Crippen molar-refractivity contribution in [3.05, 3.63) is 83.9 Å². The molecule has 3 aromatic carbocycles. The first kappa shape index (κ1) is 71.9. The zero-order chi connectivity index (χ0) is 65.3. The summed E-state index contributed by atoms with van der Waals surface area (Å²) in [4.78, 5) is 115. The predicted molar refractivity (Wildman–Crippen MR) is 303 cm³/mol. The molecule has 3 aliphatic heterocycles. The van der Waals surface area contributed by atoms with E-state index in [1.807, 2.05) is 5.32 Å². The Balaban J connectivity index is 0.0000129. The number of Topliss-reactive ketones (excluding diaryl/α,β-unsaturated/α-hetero) is 1. The number of hydrogen-bond donors (Lipinski definition) is 14. The zero-order valence-corrected chi connectivity index (χ0v) is 52.0. The number of hydrogen-bond acceptors (Lipinski definition) is 24. The summed E-state index contributed by atoms with van der Waals surface area (Å²) >= 11 is 0. The van der Waals surface area contributed by atoms with Gasteiger partial charge in [-0.3, -0.25) is 38.4 Å². The van der Waals surface area contributed by atoms with Crippen LogP contribution in [0.1, 0.15) is 87.7 Å². The SMILES string of the molecule is CCCCCOc1ccc(-c2cc(-c3ccc(C(=O)N[C@H]4C[C@@H](O)[C@H](O)NC(=O)[C@@H]5[C@@H](O)[C@@H](C)CN5C(=O)[C@H]([C@H](O)CC(N)=O)CC(=O)[C@H]([C@H](O)[C@@H](O)c5ccc(O)c(OS(=O)(=O)[O-])c5)NC(=O)[C@@H]5C[C@@H](O)CN5C(=O)[C@H]([C@@H](C)O)NC4=O)cc3)no2)cc1.[Na+]. The number of carbonyl (C=O) groups excluding carboxylic acids is 8. The number of aliphatic hydroxyl groups is 8. The molecule has 0 unspecified atom stereocenters. The van der Waals surface area contributed by atoms with Crippen molar-refractivity contribution in [1.29, 1.82) is 0 Å². The number of ether oxygens (including phenoxy) is 1. The van der Waals surface area contributed by atoms with E-state index in [2.05, 4.69) is 32.2 Å². The van der Waals surface area contributed by atoms with Gasteiger partial charge in [-0.05, 0) is 67.4 Å². The maximum Gasteiger partial charge on any atom is 1.00 e. The number of unbranched alkanes of at least 4 members (excludes halogenated alkanes) is 2. The van der Waals surface area contributed by atoms with Crippen LogP contribution < -0.4 is 65.5 Å². The number of aromatic hydroxyl groups is 1. The van der Waals surface area contributed by atoms with Gasteiger partial charge in [-0.2, -0.15) is 0 Å². The van der Waals surface area contributed by atoms with Gasteiger partial charge in [0.05, 0.1) is 43.4 Å². The van der Waals surface area contributed by atoms with Crippen LogP contribution >= 0.6 is 0 Å². The van der Waals surface area contributed by atoms with Crippen molar-refractivity contribution in [2.75, 3.05) is 19.7 Å². The monoisotopic (exact) mass is 1290 g/mol. The van der Waals surface area contributed by atoms with E-state index in [0.29, 0.717) is 56.9 Å². The number of aromatic nitrogens is 1.